The Kier molecular flexibility index (Phi) is 4.68. The first-order chi connectivity index (χ1) is 7.37. The summed E-state index contributed by atoms with van der Waals surface area (Å²) in [5, 5.41) is 5.41. The Morgan fingerprint density at radius 2 is 2.25 bits per heavy atom. The topological polar surface area (TPSA) is 81.9 Å². The zero-order valence-corrected chi connectivity index (χ0v) is 11.1. The fourth-order valence-electron chi connectivity index (χ4n) is 1.13. The van der Waals surface area contributed by atoms with Gasteiger partial charge in [-0.25, -0.2) is 9.76 Å². The van der Waals surface area contributed by atoms with Crippen LogP contribution in [0.5, 0.6) is 0 Å². The van der Waals surface area contributed by atoms with E-state index in [-0.39, 0.29) is 0 Å². The molecule has 0 heterocycles. The molecule has 1 rings (SSSR count). The van der Waals surface area contributed by atoms with Crippen LogP contribution in [0.2, 0.25) is 0 Å². The first-order valence-corrected chi connectivity index (χ1v) is 6.88. The van der Waals surface area contributed by atoms with Crippen LogP contribution in [0, 0.1) is 0 Å². The summed E-state index contributed by atoms with van der Waals surface area (Å²) < 4.78 is 11.5. The molecule has 0 aliphatic rings. The van der Waals surface area contributed by atoms with E-state index in [1.54, 1.807) is 12.1 Å². The first-order valence-electron chi connectivity index (χ1n) is 4.47. The van der Waals surface area contributed by atoms with Crippen molar-refractivity contribution < 1.29 is 14.4 Å². The number of halogens is 1. The zero-order chi connectivity index (χ0) is 12.2. The van der Waals surface area contributed by atoms with Crippen molar-refractivity contribution in [2.45, 2.75) is 13.3 Å². The summed E-state index contributed by atoms with van der Waals surface area (Å²) in [6.45, 7) is 1.70. The van der Waals surface area contributed by atoms with Crippen LogP contribution in [0.25, 0.3) is 0 Å². The molecule has 0 fully saturated rings. The fraction of sp³-hybridized carbons (Fsp3) is 0.222. The summed E-state index contributed by atoms with van der Waals surface area (Å²) >= 11 is 3.34. The van der Waals surface area contributed by atoms with E-state index >= 15 is 0 Å². The molecule has 1 aromatic carbocycles. The molecule has 0 unspecified atom stereocenters. The Morgan fingerprint density at radius 1 is 1.56 bits per heavy atom. The average Bonchev–Trinajstić information content (AvgIpc) is 2.14. The van der Waals surface area contributed by atoms with E-state index in [2.05, 4.69) is 21.0 Å². The number of nitrogens with one attached hydrogen (secondary N) is 1. The molecule has 3 N–H and O–H groups in total. The highest BCUT2D eigenvalue weighted by Gasteiger charge is 2.09. The third-order valence-corrected chi connectivity index (χ3v) is 2.57. The number of hydrogen-bond acceptors (Lipinski definition) is 2. The van der Waals surface area contributed by atoms with Gasteiger partial charge >= 0.3 is 7.75 Å². The van der Waals surface area contributed by atoms with Crippen molar-refractivity contribution in [1.29, 1.82) is 0 Å². The standard InChI is InChI=1S/C9H12BrN2O3P/c1-7(11-12-16(13,14)15)5-8-3-2-4-9(10)6-8/h2-4,6H,5H2,1H3,(H3,12,13,14,15)/b11-7-. The van der Waals surface area contributed by atoms with E-state index in [9.17, 15) is 4.57 Å². The van der Waals surface area contributed by atoms with Gasteiger partial charge in [0.05, 0.1) is 0 Å². The molecule has 0 saturated carbocycles. The minimum atomic E-state index is -4.28. The third-order valence-electron chi connectivity index (χ3n) is 1.72. The summed E-state index contributed by atoms with van der Waals surface area (Å²) in [6.07, 6.45) is 0.534. The average molecular weight is 307 g/mol. The third kappa shape index (κ3) is 5.42. The summed E-state index contributed by atoms with van der Waals surface area (Å²) in [6, 6.07) is 7.64. The van der Waals surface area contributed by atoms with Crippen molar-refractivity contribution in [1.82, 2.24) is 5.20 Å². The second kappa shape index (κ2) is 5.59. The van der Waals surface area contributed by atoms with Gasteiger partial charge in [0, 0.05) is 16.6 Å². The molecule has 0 bridgehead atoms. The molecule has 5 nitrogen and oxygen atoms in total. The van der Waals surface area contributed by atoms with Crippen LogP contribution < -0.4 is 5.20 Å². The predicted octanol–water partition coefficient (Wildman–Crippen LogP) is 2.05. The van der Waals surface area contributed by atoms with E-state index in [0.29, 0.717) is 12.1 Å². The number of nitrogens with zero attached hydrogens (tertiary/aromatic N) is 1. The van der Waals surface area contributed by atoms with E-state index < -0.39 is 7.75 Å². The van der Waals surface area contributed by atoms with Gasteiger partial charge < -0.3 is 9.79 Å². The monoisotopic (exact) mass is 306 g/mol. The van der Waals surface area contributed by atoms with Crippen LogP contribution >= 0.6 is 23.7 Å². The predicted molar refractivity (Wildman–Crippen MR) is 66.1 cm³/mol. The number of hydrogen-bond donors (Lipinski definition) is 3. The molecule has 0 aliphatic carbocycles. The molecule has 0 aromatic heterocycles. The van der Waals surface area contributed by atoms with Crippen LogP contribution in [0.15, 0.2) is 33.8 Å². The van der Waals surface area contributed by atoms with Gasteiger partial charge in [0.25, 0.3) is 0 Å². The minimum absolute atomic E-state index is 0.534. The van der Waals surface area contributed by atoms with Crippen LogP contribution in [-0.4, -0.2) is 15.5 Å². The smallest absolute Gasteiger partial charge is 0.307 e. The summed E-state index contributed by atoms with van der Waals surface area (Å²) in [5.74, 6) is 0. The lowest BCUT2D eigenvalue weighted by atomic mass is 10.1. The van der Waals surface area contributed by atoms with Crippen molar-refractivity contribution in [3.05, 3.63) is 34.3 Å². The molecule has 16 heavy (non-hydrogen) atoms. The van der Waals surface area contributed by atoms with Gasteiger partial charge in [0.1, 0.15) is 0 Å². The number of hydrazone groups is 1. The molecule has 7 heteroatoms. The highest BCUT2D eigenvalue weighted by Crippen LogP contribution is 2.27. The Hall–Kier alpha value is -0.680. The van der Waals surface area contributed by atoms with Crippen molar-refractivity contribution in [2.24, 2.45) is 5.10 Å². The van der Waals surface area contributed by atoms with Gasteiger partial charge in [0.15, 0.2) is 0 Å². The molecule has 1 aromatic rings. The lowest BCUT2D eigenvalue weighted by molar-refractivity contribution is 0.359. The molecule has 0 spiro atoms. The largest absolute Gasteiger partial charge is 0.443 e. The van der Waals surface area contributed by atoms with E-state index in [4.69, 9.17) is 9.79 Å². The maximum atomic E-state index is 10.5. The van der Waals surface area contributed by atoms with Gasteiger partial charge in [-0.15, -0.1) is 0 Å². The quantitative estimate of drug-likeness (QED) is 0.452. The van der Waals surface area contributed by atoms with Gasteiger partial charge in [-0.3, -0.25) is 0 Å². The lowest BCUT2D eigenvalue weighted by Crippen LogP contribution is -2.07. The van der Waals surface area contributed by atoms with Crippen molar-refractivity contribution in [3.63, 3.8) is 0 Å². The van der Waals surface area contributed by atoms with Crippen LogP contribution in [0.3, 0.4) is 0 Å². The van der Waals surface area contributed by atoms with Gasteiger partial charge in [-0.05, 0) is 24.6 Å². The second-order valence-corrected chi connectivity index (χ2v) is 5.50. The summed E-state index contributed by atoms with van der Waals surface area (Å²) in [7, 11) is -4.28. The van der Waals surface area contributed by atoms with Crippen LogP contribution in [-0.2, 0) is 11.0 Å². The fourth-order valence-corrected chi connectivity index (χ4v) is 1.88. The van der Waals surface area contributed by atoms with Gasteiger partial charge in [0.2, 0.25) is 0 Å². The van der Waals surface area contributed by atoms with Gasteiger partial charge in [-0.2, -0.15) is 5.10 Å². The molecule has 0 saturated heterocycles. The molecule has 0 amide bonds. The Balaban J connectivity index is 2.64. The maximum absolute atomic E-state index is 10.5. The highest BCUT2D eigenvalue weighted by atomic mass is 79.9. The van der Waals surface area contributed by atoms with Crippen LogP contribution in [0.1, 0.15) is 12.5 Å². The first kappa shape index (κ1) is 13.4. The van der Waals surface area contributed by atoms with Crippen molar-refractivity contribution >= 4 is 29.4 Å². The molecule has 0 radical (unpaired) electrons. The summed E-state index contributed by atoms with van der Waals surface area (Å²) in [5.41, 5.74) is 1.62. The second-order valence-electron chi connectivity index (χ2n) is 3.30. The Bertz CT molecular complexity index is 444. The maximum Gasteiger partial charge on any atom is 0.443 e. The molecule has 0 aliphatic heterocycles. The zero-order valence-electron chi connectivity index (χ0n) is 8.59. The van der Waals surface area contributed by atoms with Crippen molar-refractivity contribution in [2.75, 3.05) is 0 Å². The summed E-state index contributed by atoms with van der Waals surface area (Å²) in [4.78, 5) is 17.1. The van der Waals surface area contributed by atoms with Crippen molar-refractivity contribution in [3.8, 4) is 0 Å². The Morgan fingerprint density at radius 3 is 2.81 bits per heavy atom. The number of rotatable bonds is 4. The van der Waals surface area contributed by atoms with Crippen LogP contribution in [0.4, 0.5) is 0 Å². The van der Waals surface area contributed by atoms with E-state index in [1.807, 2.05) is 24.3 Å². The number of benzene rings is 1. The molecule has 88 valence electrons. The molecular formula is C9H12BrN2O3P. The minimum Gasteiger partial charge on any atom is -0.307 e. The molecular weight excluding hydrogens is 295 g/mol. The lowest BCUT2D eigenvalue weighted by Gasteiger charge is -2.04. The van der Waals surface area contributed by atoms with Gasteiger partial charge in [-0.1, -0.05) is 28.1 Å². The molecule has 0 atom stereocenters. The van der Waals surface area contributed by atoms with E-state index in [0.717, 1.165) is 10.0 Å². The SMILES string of the molecule is C/C(Cc1cccc(Br)c1)=N/NP(=O)(O)O. The normalized spacial score (nSPS) is 12.6. The highest BCUT2D eigenvalue weighted by molar-refractivity contribution is 9.10. The van der Waals surface area contributed by atoms with E-state index in [1.165, 1.54) is 0 Å². The Labute approximate surface area is 102 Å².